The molecule has 0 spiro atoms. The second kappa shape index (κ2) is 4.59. The summed E-state index contributed by atoms with van der Waals surface area (Å²) in [5.74, 6) is -0.950. The number of fused-ring (bicyclic) bond motifs is 1. The van der Waals surface area contributed by atoms with E-state index in [1.54, 1.807) is 30.5 Å². The number of carbonyl (C=O) groups excluding carboxylic acids is 1. The van der Waals surface area contributed by atoms with Gasteiger partial charge in [-0.25, -0.2) is 0 Å². The van der Waals surface area contributed by atoms with Crippen LogP contribution in [0.15, 0.2) is 35.7 Å². The molecule has 0 fully saturated rings. The number of aromatic amines is 1. The lowest BCUT2D eigenvalue weighted by Crippen LogP contribution is -2.14. The predicted octanol–water partition coefficient (Wildman–Crippen LogP) is 1.86. The van der Waals surface area contributed by atoms with Gasteiger partial charge in [-0.15, -0.1) is 0 Å². The van der Waals surface area contributed by atoms with Gasteiger partial charge in [0, 0.05) is 11.1 Å². The lowest BCUT2D eigenvalue weighted by Gasteiger charge is -2.04. The van der Waals surface area contributed by atoms with Gasteiger partial charge in [0.25, 0.3) is 5.91 Å². The molecule has 2 aromatic rings. The van der Waals surface area contributed by atoms with Gasteiger partial charge in [-0.2, -0.15) is 10.4 Å². The highest BCUT2D eigenvalue weighted by Crippen LogP contribution is 2.17. The Morgan fingerprint density at radius 2 is 2.33 bits per heavy atom. The van der Waals surface area contributed by atoms with Crippen LogP contribution in [0.1, 0.15) is 6.92 Å². The Bertz CT molecular complexity index is 675. The summed E-state index contributed by atoms with van der Waals surface area (Å²) in [6.45, 7) is 1.29. The molecule has 6 nitrogen and oxygen atoms in total. The highest BCUT2D eigenvalue weighted by Gasteiger charge is 2.12. The molecule has 0 aliphatic heterocycles. The lowest BCUT2D eigenvalue weighted by atomic mass is 10.2. The Labute approximate surface area is 103 Å². The summed E-state index contributed by atoms with van der Waals surface area (Å²) in [5.41, 5.74) is 0.987. The van der Waals surface area contributed by atoms with Gasteiger partial charge in [0.05, 0.1) is 11.7 Å². The molecule has 0 aliphatic rings. The topological polar surface area (TPSA) is 102 Å². The number of benzene rings is 1. The molecule has 6 heteroatoms. The molecular formula is C12H10N4O2. The maximum absolute atomic E-state index is 11.7. The average molecular weight is 242 g/mol. The molecule has 0 radical (unpaired) electrons. The van der Waals surface area contributed by atoms with E-state index in [-0.39, 0.29) is 11.3 Å². The first-order valence-electron chi connectivity index (χ1n) is 5.16. The van der Waals surface area contributed by atoms with Crippen molar-refractivity contribution in [2.24, 2.45) is 0 Å². The van der Waals surface area contributed by atoms with E-state index in [4.69, 9.17) is 5.26 Å². The molecule has 0 saturated carbocycles. The zero-order valence-electron chi connectivity index (χ0n) is 9.56. The van der Waals surface area contributed by atoms with E-state index in [0.29, 0.717) is 5.69 Å². The van der Waals surface area contributed by atoms with Crippen LogP contribution in [0, 0.1) is 11.3 Å². The van der Waals surface area contributed by atoms with E-state index in [9.17, 15) is 9.90 Å². The number of aromatic nitrogens is 2. The van der Waals surface area contributed by atoms with Gasteiger partial charge in [-0.1, -0.05) is 0 Å². The standard InChI is InChI=1S/C12H10N4O2/c1-7(17)10(5-13)12(18)15-9-3-2-8-6-14-16-11(8)4-9/h2-4,6,17H,1H3,(H,14,16)(H,15,18). The van der Waals surface area contributed by atoms with Crippen molar-refractivity contribution < 1.29 is 9.90 Å². The number of nitrogens with one attached hydrogen (secondary N) is 2. The van der Waals surface area contributed by atoms with Gasteiger partial charge in [0.15, 0.2) is 5.57 Å². The second-order valence-electron chi connectivity index (χ2n) is 3.70. The van der Waals surface area contributed by atoms with E-state index >= 15 is 0 Å². The molecule has 2 rings (SSSR count). The van der Waals surface area contributed by atoms with E-state index in [0.717, 1.165) is 10.9 Å². The predicted molar refractivity (Wildman–Crippen MR) is 65.7 cm³/mol. The highest BCUT2D eigenvalue weighted by atomic mass is 16.3. The minimum atomic E-state index is -0.642. The number of allylic oxidation sites excluding steroid dienone is 1. The molecule has 0 aliphatic carbocycles. The molecule has 90 valence electrons. The summed E-state index contributed by atoms with van der Waals surface area (Å²) in [6.07, 6.45) is 1.67. The zero-order chi connectivity index (χ0) is 13.1. The Morgan fingerprint density at radius 1 is 1.56 bits per heavy atom. The van der Waals surface area contributed by atoms with Crippen molar-refractivity contribution in [3.8, 4) is 6.07 Å². The van der Waals surface area contributed by atoms with Crippen molar-refractivity contribution in [3.63, 3.8) is 0 Å². The van der Waals surface area contributed by atoms with Crippen LogP contribution in [-0.2, 0) is 4.79 Å². The Kier molecular flexibility index (Phi) is 2.98. The van der Waals surface area contributed by atoms with Crippen molar-refractivity contribution in [1.82, 2.24) is 10.2 Å². The van der Waals surface area contributed by atoms with Crippen molar-refractivity contribution in [3.05, 3.63) is 35.7 Å². The van der Waals surface area contributed by atoms with E-state index in [2.05, 4.69) is 15.5 Å². The third kappa shape index (κ3) is 2.15. The van der Waals surface area contributed by atoms with Crippen LogP contribution in [0.4, 0.5) is 5.69 Å². The summed E-state index contributed by atoms with van der Waals surface area (Å²) in [5, 5.41) is 28.0. The lowest BCUT2D eigenvalue weighted by molar-refractivity contribution is -0.112. The largest absolute Gasteiger partial charge is 0.511 e. The second-order valence-corrected chi connectivity index (χ2v) is 3.70. The number of nitrogens with zero attached hydrogens (tertiary/aromatic N) is 2. The van der Waals surface area contributed by atoms with E-state index < -0.39 is 5.91 Å². The first-order chi connectivity index (χ1) is 8.61. The van der Waals surface area contributed by atoms with Crippen LogP contribution in [0.25, 0.3) is 10.9 Å². The van der Waals surface area contributed by atoms with Gasteiger partial charge in [0.2, 0.25) is 0 Å². The third-order valence-electron chi connectivity index (χ3n) is 2.40. The van der Waals surface area contributed by atoms with Crippen molar-refractivity contribution in [1.29, 1.82) is 5.26 Å². The molecule has 0 bridgehead atoms. The maximum atomic E-state index is 11.7. The average Bonchev–Trinajstić information content (AvgIpc) is 2.76. The molecule has 18 heavy (non-hydrogen) atoms. The maximum Gasteiger partial charge on any atom is 0.269 e. The van der Waals surface area contributed by atoms with Crippen molar-refractivity contribution in [2.45, 2.75) is 6.92 Å². The zero-order valence-corrected chi connectivity index (χ0v) is 9.56. The molecule has 1 aromatic heterocycles. The number of aliphatic hydroxyl groups is 1. The van der Waals surface area contributed by atoms with E-state index in [1.165, 1.54) is 6.92 Å². The van der Waals surface area contributed by atoms with Crippen LogP contribution in [0.2, 0.25) is 0 Å². The molecular weight excluding hydrogens is 232 g/mol. The van der Waals surface area contributed by atoms with Gasteiger partial charge in [0.1, 0.15) is 11.8 Å². The number of rotatable bonds is 2. The monoisotopic (exact) mass is 242 g/mol. The van der Waals surface area contributed by atoms with Gasteiger partial charge >= 0.3 is 0 Å². The highest BCUT2D eigenvalue weighted by molar-refractivity contribution is 6.07. The minimum absolute atomic E-state index is 0.306. The molecule has 0 saturated heterocycles. The van der Waals surface area contributed by atoms with Crippen LogP contribution in [0.3, 0.4) is 0 Å². The number of nitriles is 1. The summed E-state index contributed by atoms with van der Waals surface area (Å²) in [4.78, 5) is 11.7. The molecule has 1 aromatic carbocycles. The third-order valence-corrected chi connectivity index (χ3v) is 2.40. The summed E-state index contributed by atoms with van der Waals surface area (Å²) in [6, 6.07) is 6.83. The number of hydrogen-bond acceptors (Lipinski definition) is 4. The van der Waals surface area contributed by atoms with Crippen molar-refractivity contribution in [2.75, 3.05) is 5.32 Å². The van der Waals surface area contributed by atoms with Gasteiger partial charge < -0.3 is 10.4 Å². The first-order valence-corrected chi connectivity index (χ1v) is 5.16. The normalized spacial score (nSPS) is 11.8. The fourth-order valence-corrected chi connectivity index (χ4v) is 1.50. The number of aliphatic hydroxyl groups excluding tert-OH is 1. The molecule has 3 N–H and O–H groups in total. The Balaban J connectivity index is 2.26. The van der Waals surface area contributed by atoms with Crippen molar-refractivity contribution >= 4 is 22.5 Å². The van der Waals surface area contributed by atoms with Crippen LogP contribution in [0.5, 0.6) is 0 Å². The number of hydrogen-bond donors (Lipinski definition) is 3. The Hall–Kier alpha value is -2.81. The summed E-state index contributed by atoms with van der Waals surface area (Å²) >= 11 is 0. The number of anilines is 1. The number of carbonyl (C=O) groups is 1. The van der Waals surface area contributed by atoms with Crippen LogP contribution >= 0.6 is 0 Å². The summed E-state index contributed by atoms with van der Waals surface area (Å²) in [7, 11) is 0. The number of H-pyrrole nitrogens is 1. The molecule has 1 heterocycles. The fraction of sp³-hybridized carbons (Fsp3) is 0.0833. The van der Waals surface area contributed by atoms with Gasteiger partial charge in [-0.3, -0.25) is 9.89 Å². The molecule has 0 unspecified atom stereocenters. The SMILES string of the molecule is CC(O)=C(C#N)C(=O)Nc1ccc2cn[nH]c2c1. The summed E-state index contributed by atoms with van der Waals surface area (Å²) < 4.78 is 0. The van der Waals surface area contributed by atoms with Gasteiger partial charge in [-0.05, 0) is 25.1 Å². The molecule has 0 atom stereocenters. The van der Waals surface area contributed by atoms with Crippen LogP contribution in [-0.4, -0.2) is 21.2 Å². The van der Waals surface area contributed by atoms with E-state index in [1.807, 2.05) is 0 Å². The fourth-order valence-electron chi connectivity index (χ4n) is 1.50. The minimum Gasteiger partial charge on any atom is -0.511 e. The Morgan fingerprint density at radius 3 is 3.00 bits per heavy atom. The van der Waals surface area contributed by atoms with Crippen LogP contribution < -0.4 is 5.32 Å². The first kappa shape index (κ1) is 11.7. The number of amides is 1. The molecule has 1 amide bonds. The smallest absolute Gasteiger partial charge is 0.269 e. The quantitative estimate of drug-likeness (QED) is 0.425.